The largest absolute Gasteiger partial charge is 0.461 e. The summed E-state index contributed by atoms with van der Waals surface area (Å²) < 4.78 is 7.23. The number of nitrogens with zero attached hydrogens (tertiary/aromatic N) is 2. The van der Waals surface area contributed by atoms with E-state index in [1.807, 2.05) is 30.3 Å². The molecule has 2 aromatic rings. The molecule has 0 spiro atoms. The van der Waals surface area contributed by atoms with Crippen LogP contribution in [-0.2, 0) is 9.53 Å². The molecule has 128 valence electrons. The van der Waals surface area contributed by atoms with Crippen molar-refractivity contribution in [2.75, 3.05) is 7.05 Å². The number of H-pyrrole nitrogens is 1. The van der Waals surface area contributed by atoms with Crippen LogP contribution in [0.4, 0.5) is 0 Å². The van der Waals surface area contributed by atoms with E-state index in [0.29, 0.717) is 10.5 Å². The van der Waals surface area contributed by atoms with Gasteiger partial charge in [-0.25, -0.2) is 4.79 Å². The van der Waals surface area contributed by atoms with Crippen molar-refractivity contribution in [1.29, 1.82) is 0 Å². The fraction of sp³-hybridized carbons (Fsp3) is 0.353. The third kappa shape index (κ3) is 3.73. The maximum Gasteiger partial charge on any atom is 0.328 e. The number of carbonyl (C=O) groups excluding carboxylic acids is 2. The predicted molar refractivity (Wildman–Crippen MR) is 93.7 cm³/mol. The summed E-state index contributed by atoms with van der Waals surface area (Å²) in [7, 11) is 1.57. The van der Waals surface area contributed by atoms with Crippen molar-refractivity contribution < 1.29 is 14.3 Å². The Labute approximate surface area is 146 Å². The summed E-state index contributed by atoms with van der Waals surface area (Å²) in [6.07, 6.45) is 1.32. The van der Waals surface area contributed by atoms with E-state index >= 15 is 0 Å². The van der Waals surface area contributed by atoms with Gasteiger partial charge in [-0.05, 0) is 45.1 Å². The van der Waals surface area contributed by atoms with Crippen LogP contribution in [0.15, 0.2) is 36.5 Å². The number of para-hydroxylation sites is 1. The predicted octanol–water partition coefficient (Wildman–Crippen LogP) is 2.95. The number of hydrogen-bond donors (Lipinski definition) is 1. The number of aromatic nitrogens is 2. The Morgan fingerprint density at radius 1 is 1.21 bits per heavy atom. The number of likely N-dealkylation sites (N-methyl/N-ethyl adjacent to an activating group) is 1. The molecule has 0 aliphatic heterocycles. The Morgan fingerprint density at radius 2 is 1.83 bits per heavy atom. The van der Waals surface area contributed by atoms with E-state index in [4.69, 9.17) is 17.0 Å². The molecule has 1 amide bonds. The first-order valence-corrected chi connectivity index (χ1v) is 8.07. The topological polar surface area (TPSA) is 67.3 Å². The Morgan fingerprint density at radius 3 is 2.42 bits per heavy atom. The summed E-state index contributed by atoms with van der Waals surface area (Å²) in [5.41, 5.74) is 1.14. The van der Waals surface area contributed by atoms with Gasteiger partial charge in [0.25, 0.3) is 5.91 Å². The zero-order valence-corrected chi connectivity index (χ0v) is 15.0. The van der Waals surface area contributed by atoms with E-state index in [0.717, 1.165) is 5.69 Å². The molecule has 0 saturated carbocycles. The highest BCUT2D eigenvalue weighted by Gasteiger charge is 2.27. The normalized spacial score (nSPS) is 12.0. The van der Waals surface area contributed by atoms with Gasteiger partial charge in [0.05, 0.1) is 6.10 Å². The third-order valence-electron chi connectivity index (χ3n) is 3.60. The van der Waals surface area contributed by atoms with Crippen LogP contribution < -0.4 is 0 Å². The smallest absolute Gasteiger partial charge is 0.328 e. The highest BCUT2D eigenvalue weighted by Crippen LogP contribution is 2.15. The van der Waals surface area contributed by atoms with Crippen LogP contribution in [0.1, 0.15) is 31.3 Å². The molecule has 2 rings (SSSR count). The molecular weight excluding hydrogens is 326 g/mol. The molecular formula is C17H21N3O3S. The van der Waals surface area contributed by atoms with Crippen molar-refractivity contribution in [3.05, 3.63) is 47.0 Å². The van der Waals surface area contributed by atoms with Crippen molar-refractivity contribution in [3.63, 3.8) is 0 Å². The summed E-state index contributed by atoms with van der Waals surface area (Å²) >= 11 is 5.28. The van der Waals surface area contributed by atoms with Gasteiger partial charge in [0.1, 0.15) is 11.7 Å². The maximum atomic E-state index is 12.8. The minimum absolute atomic E-state index is 0.232. The van der Waals surface area contributed by atoms with Gasteiger partial charge in [-0.3, -0.25) is 9.36 Å². The fourth-order valence-corrected chi connectivity index (χ4v) is 2.47. The van der Waals surface area contributed by atoms with Gasteiger partial charge in [-0.2, -0.15) is 0 Å². The average molecular weight is 347 g/mol. The van der Waals surface area contributed by atoms with Crippen LogP contribution in [0.2, 0.25) is 0 Å². The van der Waals surface area contributed by atoms with Crippen molar-refractivity contribution in [2.45, 2.75) is 32.9 Å². The Balaban J connectivity index is 2.31. The number of aromatic amines is 1. The minimum Gasteiger partial charge on any atom is -0.461 e. The van der Waals surface area contributed by atoms with Crippen LogP contribution in [0.5, 0.6) is 0 Å². The summed E-state index contributed by atoms with van der Waals surface area (Å²) in [6, 6.07) is 8.63. The summed E-state index contributed by atoms with van der Waals surface area (Å²) in [4.78, 5) is 29.1. The number of carbonyl (C=O) groups is 2. The Kier molecular flexibility index (Phi) is 5.56. The number of ether oxygens (including phenoxy) is 1. The lowest BCUT2D eigenvalue weighted by Gasteiger charge is -2.24. The summed E-state index contributed by atoms with van der Waals surface area (Å²) in [5, 5.41) is 0. The molecule has 0 aliphatic carbocycles. The third-order valence-corrected chi connectivity index (χ3v) is 3.90. The van der Waals surface area contributed by atoms with Crippen molar-refractivity contribution >= 4 is 24.1 Å². The first-order valence-electron chi connectivity index (χ1n) is 7.66. The first kappa shape index (κ1) is 17.9. The van der Waals surface area contributed by atoms with Crippen LogP contribution >= 0.6 is 12.2 Å². The fourth-order valence-electron chi connectivity index (χ4n) is 2.20. The lowest BCUT2D eigenvalue weighted by atomic mass is 10.2. The molecule has 0 bridgehead atoms. The van der Waals surface area contributed by atoms with Gasteiger partial charge in [0.15, 0.2) is 4.77 Å². The van der Waals surface area contributed by atoms with E-state index in [1.54, 1.807) is 38.6 Å². The van der Waals surface area contributed by atoms with Gasteiger partial charge in [0, 0.05) is 18.9 Å². The van der Waals surface area contributed by atoms with Gasteiger partial charge < -0.3 is 14.6 Å². The van der Waals surface area contributed by atoms with Crippen molar-refractivity contribution in [1.82, 2.24) is 14.5 Å². The van der Waals surface area contributed by atoms with Crippen LogP contribution in [0, 0.1) is 4.77 Å². The molecule has 6 nitrogen and oxygen atoms in total. The number of rotatable bonds is 5. The van der Waals surface area contributed by atoms with Crippen LogP contribution in [0.25, 0.3) is 5.69 Å². The molecule has 0 saturated heterocycles. The van der Waals surface area contributed by atoms with Gasteiger partial charge in [-0.15, -0.1) is 0 Å². The standard InChI is InChI=1S/C17H21N3O3S/c1-11(2)23-16(22)12(3)19(4)15(21)14-10-18-17(24)20(14)13-8-6-5-7-9-13/h5-12H,1-4H3,(H,18,24)/t12-/m0/s1. The molecule has 1 atom stereocenters. The summed E-state index contributed by atoms with van der Waals surface area (Å²) in [6.45, 7) is 5.17. The lowest BCUT2D eigenvalue weighted by Crippen LogP contribution is -2.42. The van der Waals surface area contributed by atoms with E-state index in [-0.39, 0.29) is 12.0 Å². The molecule has 1 aromatic carbocycles. The highest BCUT2D eigenvalue weighted by atomic mass is 32.1. The van der Waals surface area contributed by atoms with E-state index in [1.165, 1.54) is 4.90 Å². The number of esters is 1. The Bertz CT molecular complexity index is 780. The molecule has 7 heteroatoms. The lowest BCUT2D eigenvalue weighted by molar-refractivity contribution is -0.151. The van der Waals surface area contributed by atoms with Crippen LogP contribution in [-0.4, -0.2) is 45.5 Å². The Hall–Kier alpha value is -2.41. The molecule has 1 aromatic heterocycles. The molecule has 0 unspecified atom stereocenters. The highest BCUT2D eigenvalue weighted by molar-refractivity contribution is 7.71. The number of amides is 1. The van der Waals surface area contributed by atoms with Gasteiger partial charge in [-0.1, -0.05) is 18.2 Å². The van der Waals surface area contributed by atoms with Crippen molar-refractivity contribution in [2.24, 2.45) is 0 Å². The second-order valence-electron chi connectivity index (χ2n) is 5.73. The molecule has 0 aliphatic rings. The number of benzene rings is 1. The van der Waals surface area contributed by atoms with Gasteiger partial charge >= 0.3 is 5.97 Å². The molecule has 1 N–H and O–H groups in total. The number of nitrogens with one attached hydrogen (secondary N) is 1. The maximum absolute atomic E-state index is 12.8. The average Bonchev–Trinajstić information content (AvgIpc) is 2.94. The SMILES string of the molecule is CC(C)OC(=O)[C@H](C)N(C)C(=O)c1c[nH]c(=S)n1-c1ccccc1. The monoisotopic (exact) mass is 347 g/mol. The van der Waals surface area contributed by atoms with Gasteiger partial charge in [0.2, 0.25) is 0 Å². The van der Waals surface area contributed by atoms with E-state index < -0.39 is 12.0 Å². The number of imidazole rings is 1. The quantitative estimate of drug-likeness (QED) is 0.667. The first-order chi connectivity index (χ1) is 11.3. The second kappa shape index (κ2) is 7.44. The second-order valence-corrected chi connectivity index (χ2v) is 6.11. The number of hydrogen-bond acceptors (Lipinski definition) is 4. The molecule has 0 fully saturated rings. The zero-order chi connectivity index (χ0) is 17.9. The van der Waals surface area contributed by atoms with Crippen LogP contribution in [0.3, 0.4) is 0 Å². The molecule has 0 radical (unpaired) electrons. The van der Waals surface area contributed by atoms with E-state index in [2.05, 4.69) is 4.98 Å². The molecule has 1 heterocycles. The molecule has 24 heavy (non-hydrogen) atoms. The minimum atomic E-state index is -0.701. The summed E-state index contributed by atoms with van der Waals surface area (Å²) in [5.74, 6) is -0.763. The van der Waals surface area contributed by atoms with E-state index in [9.17, 15) is 9.59 Å². The van der Waals surface area contributed by atoms with Crippen molar-refractivity contribution in [3.8, 4) is 5.69 Å². The zero-order valence-electron chi connectivity index (χ0n) is 14.1.